The van der Waals surface area contributed by atoms with Crippen LogP contribution in [0.4, 0.5) is 21.5 Å². The van der Waals surface area contributed by atoms with Gasteiger partial charge in [0.15, 0.2) is 5.78 Å². The molecule has 0 bridgehead atoms. The van der Waals surface area contributed by atoms with Gasteiger partial charge >= 0.3 is 0 Å². The molecule has 2 aromatic rings. The average molecular weight is 279 g/mol. The third-order valence-electron chi connectivity index (χ3n) is 2.58. The van der Waals surface area contributed by atoms with Gasteiger partial charge in [0.1, 0.15) is 5.82 Å². The van der Waals surface area contributed by atoms with Gasteiger partial charge in [-0.3, -0.25) is 4.79 Å². The molecule has 3 nitrogen and oxygen atoms in total. The summed E-state index contributed by atoms with van der Waals surface area (Å²) < 4.78 is 13.2. The Balaban J connectivity index is 2.28. The van der Waals surface area contributed by atoms with Crippen LogP contribution in [0.2, 0.25) is 5.02 Å². The highest BCUT2D eigenvalue weighted by Crippen LogP contribution is 2.24. The van der Waals surface area contributed by atoms with Crippen LogP contribution in [0.3, 0.4) is 0 Å². The van der Waals surface area contributed by atoms with Crippen LogP contribution < -0.4 is 11.1 Å². The van der Waals surface area contributed by atoms with Gasteiger partial charge in [-0.25, -0.2) is 4.39 Å². The van der Waals surface area contributed by atoms with Crippen molar-refractivity contribution in [1.82, 2.24) is 0 Å². The Morgan fingerprint density at radius 3 is 2.53 bits per heavy atom. The number of nitrogens with two attached hydrogens (primary N) is 1. The predicted molar refractivity (Wildman–Crippen MR) is 75.6 cm³/mol. The number of nitrogens with one attached hydrogen (secondary N) is 1. The van der Waals surface area contributed by atoms with E-state index in [0.29, 0.717) is 27.6 Å². The third kappa shape index (κ3) is 3.23. The van der Waals surface area contributed by atoms with Crippen LogP contribution in [0.5, 0.6) is 0 Å². The number of Topliss-reactive ketones (excluding diaryl/α,β-unsaturated/α-hetero) is 1. The molecule has 2 aromatic carbocycles. The van der Waals surface area contributed by atoms with E-state index in [1.807, 2.05) is 0 Å². The molecule has 5 heteroatoms. The van der Waals surface area contributed by atoms with Crippen molar-refractivity contribution < 1.29 is 9.18 Å². The number of rotatable bonds is 3. The minimum Gasteiger partial charge on any atom is -0.398 e. The fourth-order valence-electron chi connectivity index (χ4n) is 1.75. The SMILES string of the molecule is CC(=O)c1ccc(Nc2cc(F)cc(Cl)c2)cc1N. The van der Waals surface area contributed by atoms with Crippen LogP contribution in [-0.4, -0.2) is 5.78 Å². The maximum Gasteiger partial charge on any atom is 0.161 e. The lowest BCUT2D eigenvalue weighted by molar-refractivity contribution is 0.101. The number of nitrogen functional groups attached to an aromatic ring is 1. The number of hydrogen-bond acceptors (Lipinski definition) is 3. The number of hydrogen-bond donors (Lipinski definition) is 2. The molecule has 3 N–H and O–H groups in total. The Bertz CT molecular complexity index is 623. The van der Waals surface area contributed by atoms with Gasteiger partial charge < -0.3 is 11.1 Å². The summed E-state index contributed by atoms with van der Waals surface area (Å²) in [5.74, 6) is -0.527. The van der Waals surface area contributed by atoms with Crippen LogP contribution in [0.1, 0.15) is 17.3 Å². The monoisotopic (exact) mass is 278 g/mol. The summed E-state index contributed by atoms with van der Waals surface area (Å²) in [5.41, 5.74) is 7.78. The third-order valence-corrected chi connectivity index (χ3v) is 2.80. The number of benzene rings is 2. The molecule has 19 heavy (non-hydrogen) atoms. The number of carbonyl (C=O) groups excluding carboxylic acids is 1. The first-order chi connectivity index (χ1) is 8.95. The first kappa shape index (κ1) is 13.4. The molecule has 0 atom stereocenters. The summed E-state index contributed by atoms with van der Waals surface area (Å²) in [5, 5.41) is 3.28. The normalized spacial score (nSPS) is 10.3. The van der Waals surface area contributed by atoms with Gasteiger partial charge in [-0.05, 0) is 43.3 Å². The second-order valence-electron chi connectivity index (χ2n) is 4.14. The molecule has 2 rings (SSSR count). The molecule has 98 valence electrons. The van der Waals surface area contributed by atoms with Crippen molar-refractivity contribution in [3.05, 3.63) is 52.8 Å². The van der Waals surface area contributed by atoms with Crippen molar-refractivity contribution >= 4 is 34.4 Å². The van der Waals surface area contributed by atoms with E-state index >= 15 is 0 Å². The predicted octanol–water partition coefficient (Wildman–Crippen LogP) is 4.01. The van der Waals surface area contributed by atoms with Crippen molar-refractivity contribution in [3.8, 4) is 0 Å². The van der Waals surface area contributed by atoms with Crippen LogP contribution >= 0.6 is 11.6 Å². The fourth-order valence-corrected chi connectivity index (χ4v) is 1.98. The summed E-state index contributed by atoms with van der Waals surface area (Å²) in [6, 6.07) is 9.09. The van der Waals surface area contributed by atoms with Gasteiger partial charge in [0, 0.05) is 27.6 Å². The van der Waals surface area contributed by atoms with E-state index in [2.05, 4.69) is 5.32 Å². The summed E-state index contributed by atoms with van der Waals surface area (Å²) in [6.07, 6.45) is 0. The molecule has 0 amide bonds. The summed E-state index contributed by atoms with van der Waals surface area (Å²) >= 11 is 5.77. The standard InChI is InChI=1S/C14H12ClFN2O/c1-8(19)13-3-2-11(7-14(13)17)18-12-5-9(15)4-10(16)6-12/h2-7,18H,17H2,1H3. The molecule has 0 aliphatic carbocycles. The van der Waals surface area contributed by atoms with Gasteiger partial charge in [-0.2, -0.15) is 0 Å². The van der Waals surface area contributed by atoms with Gasteiger partial charge in [0.25, 0.3) is 0 Å². The van der Waals surface area contributed by atoms with E-state index in [1.54, 1.807) is 24.3 Å². The van der Waals surface area contributed by atoms with Crippen LogP contribution in [-0.2, 0) is 0 Å². The summed E-state index contributed by atoms with van der Waals surface area (Å²) in [7, 11) is 0. The van der Waals surface area contributed by atoms with E-state index in [9.17, 15) is 9.18 Å². The topological polar surface area (TPSA) is 55.1 Å². The number of halogens is 2. The molecule has 0 saturated carbocycles. The molecule has 0 saturated heterocycles. The number of anilines is 3. The van der Waals surface area contributed by atoms with E-state index in [0.717, 1.165) is 0 Å². The molecule has 0 radical (unpaired) electrons. The lowest BCUT2D eigenvalue weighted by atomic mass is 10.1. The van der Waals surface area contributed by atoms with E-state index in [-0.39, 0.29) is 5.78 Å². The molecule has 0 heterocycles. The van der Waals surface area contributed by atoms with Crippen molar-refractivity contribution in [3.63, 3.8) is 0 Å². The summed E-state index contributed by atoms with van der Waals surface area (Å²) in [6.45, 7) is 1.45. The second-order valence-corrected chi connectivity index (χ2v) is 4.58. The minimum atomic E-state index is -0.427. The molecule has 0 unspecified atom stereocenters. The highest BCUT2D eigenvalue weighted by atomic mass is 35.5. The van der Waals surface area contributed by atoms with Crippen LogP contribution in [0.15, 0.2) is 36.4 Å². The average Bonchev–Trinajstić information content (AvgIpc) is 2.26. The quantitative estimate of drug-likeness (QED) is 0.659. The molecule has 0 aliphatic rings. The lowest BCUT2D eigenvalue weighted by Gasteiger charge is -2.09. The molecule has 0 spiro atoms. The Kier molecular flexibility index (Phi) is 3.71. The van der Waals surface area contributed by atoms with Crippen molar-refractivity contribution in [1.29, 1.82) is 0 Å². The van der Waals surface area contributed by atoms with Gasteiger partial charge in [0.05, 0.1) is 0 Å². The Hall–Kier alpha value is -2.07. The van der Waals surface area contributed by atoms with Crippen molar-refractivity contribution in [2.45, 2.75) is 6.92 Å². The zero-order chi connectivity index (χ0) is 14.0. The molecular formula is C14H12ClFN2O. The minimum absolute atomic E-state index is 0.0992. The van der Waals surface area contributed by atoms with Crippen LogP contribution in [0.25, 0.3) is 0 Å². The van der Waals surface area contributed by atoms with Crippen LogP contribution in [0, 0.1) is 5.82 Å². The zero-order valence-electron chi connectivity index (χ0n) is 10.2. The van der Waals surface area contributed by atoms with E-state index < -0.39 is 5.82 Å². The molecule has 0 aliphatic heterocycles. The first-order valence-corrected chi connectivity index (χ1v) is 5.97. The highest BCUT2D eigenvalue weighted by Gasteiger charge is 2.06. The van der Waals surface area contributed by atoms with Crippen molar-refractivity contribution in [2.24, 2.45) is 0 Å². The maximum atomic E-state index is 13.2. The maximum absolute atomic E-state index is 13.2. The van der Waals surface area contributed by atoms with E-state index in [4.69, 9.17) is 17.3 Å². The number of carbonyl (C=O) groups is 1. The smallest absolute Gasteiger partial charge is 0.161 e. The molecule has 0 aromatic heterocycles. The van der Waals surface area contributed by atoms with E-state index in [1.165, 1.54) is 19.1 Å². The highest BCUT2D eigenvalue weighted by molar-refractivity contribution is 6.30. The Morgan fingerprint density at radius 2 is 1.95 bits per heavy atom. The lowest BCUT2D eigenvalue weighted by Crippen LogP contribution is -2.00. The Morgan fingerprint density at radius 1 is 1.21 bits per heavy atom. The van der Waals surface area contributed by atoms with Gasteiger partial charge in [0.2, 0.25) is 0 Å². The first-order valence-electron chi connectivity index (χ1n) is 5.59. The number of ketones is 1. The van der Waals surface area contributed by atoms with Gasteiger partial charge in [-0.15, -0.1) is 0 Å². The molecular weight excluding hydrogens is 267 g/mol. The molecule has 0 fully saturated rings. The zero-order valence-corrected chi connectivity index (χ0v) is 11.0. The van der Waals surface area contributed by atoms with Crippen molar-refractivity contribution in [2.75, 3.05) is 11.1 Å². The largest absolute Gasteiger partial charge is 0.398 e. The van der Waals surface area contributed by atoms with Gasteiger partial charge in [-0.1, -0.05) is 11.6 Å². The fraction of sp³-hybridized carbons (Fsp3) is 0.0714. The Labute approximate surface area is 115 Å². The second kappa shape index (κ2) is 5.28. The summed E-state index contributed by atoms with van der Waals surface area (Å²) in [4.78, 5) is 11.3.